The Hall–Kier alpha value is -3.33. The van der Waals surface area contributed by atoms with Gasteiger partial charge in [-0.05, 0) is 55.3 Å². The maximum Gasteiger partial charge on any atom is 0.250 e. The number of carbonyl (C=O) groups is 1. The molecule has 0 bridgehead atoms. The van der Waals surface area contributed by atoms with Crippen molar-refractivity contribution in [3.8, 4) is 5.75 Å². The van der Waals surface area contributed by atoms with Gasteiger partial charge in [-0.3, -0.25) is 4.79 Å². The van der Waals surface area contributed by atoms with Crippen LogP contribution < -0.4 is 15.4 Å². The summed E-state index contributed by atoms with van der Waals surface area (Å²) in [6, 6.07) is 15.0. The number of hydrogen-bond acceptors (Lipinski definition) is 7. The normalized spacial score (nSPS) is 12.6. The second kappa shape index (κ2) is 15.6. The SMILES string of the molecule is CNC(/N=C(OCc1cccc(OC)c1)/C(C)=C\c1ccc(Cl)cc1)=C(/C)C(=O)NCCOCCO. The Balaban J connectivity index is 2.31. The molecule has 8 nitrogen and oxygen atoms in total. The van der Waals surface area contributed by atoms with Gasteiger partial charge in [-0.2, -0.15) is 4.99 Å². The largest absolute Gasteiger partial charge is 0.497 e. The van der Waals surface area contributed by atoms with Crippen LogP contribution in [0.1, 0.15) is 25.0 Å². The van der Waals surface area contributed by atoms with Gasteiger partial charge in [-0.1, -0.05) is 35.9 Å². The number of amides is 1. The van der Waals surface area contributed by atoms with Gasteiger partial charge in [0.1, 0.15) is 18.2 Å². The van der Waals surface area contributed by atoms with E-state index in [0.717, 1.165) is 22.4 Å². The van der Waals surface area contributed by atoms with E-state index in [1.165, 1.54) is 0 Å². The van der Waals surface area contributed by atoms with Gasteiger partial charge in [-0.15, -0.1) is 0 Å². The predicted molar refractivity (Wildman–Crippen MR) is 143 cm³/mol. The minimum Gasteiger partial charge on any atom is -0.497 e. The molecule has 0 spiro atoms. The van der Waals surface area contributed by atoms with Gasteiger partial charge < -0.3 is 30.0 Å². The standard InChI is InChI=1S/C27H34ClN3O5/c1-19(16-21-8-10-23(28)11-9-21)27(36-18-22-6-5-7-24(17-22)34-4)31-25(29-3)20(2)26(33)30-12-14-35-15-13-32/h5-11,16-17,29,32H,12-15,18H2,1-4H3,(H,30,33)/b19-16-,25-20+,31-27-. The second-order valence-corrected chi connectivity index (χ2v) is 8.19. The molecular formula is C27H34ClN3O5. The van der Waals surface area contributed by atoms with Gasteiger partial charge >= 0.3 is 0 Å². The van der Waals surface area contributed by atoms with Crippen molar-refractivity contribution in [2.24, 2.45) is 4.99 Å². The number of carbonyl (C=O) groups excluding carboxylic acids is 1. The van der Waals surface area contributed by atoms with E-state index in [1.807, 2.05) is 61.5 Å². The minimum absolute atomic E-state index is 0.0626. The molecule has 9 heteroatoms. The van der Waals surface area contributed by atoms with E-state index >= 15 is 0 Å². The number of rotatable bonds is 13. The van der Waals surface area contributed by atoms with Gasteiger partial charge in [0, 0.05) is 24.2 Å². The van der Waals surface area contributed by atoms with Crippen molar-refractivity contribution in [1.29, 1.82) is 0 Å². The zero-order chi connectivity index (χ0) is 26.3. The molecule has 2 aromatic rings. The van der Waals surface area contributed by atoms with Crippen LogP contribution >= 0.6 is 11.6 Å². The van der Waals surface area contributed by atoms with E-state index in [4.69, 9.17) is 30.9 Å². The number of halogens is 1. The molecule has 0 aliphatic heterocycles. The molecule has 0 atom stereocenters. The lowest BCUT2D eigenvalue weighted by molar-refractivity contribution is -0.117. The van der Waals surface area contributed by atoms with Crippen molar-refractivity contribution >= 4 is 29.5 Å². The summed E-state index contributed by atoms with van der Waals surface area (Å²) in [5, 5.41) is 15.2. The van der Waals surface area contributed by atoms with Crippen LogP contribution in [0.15, 0.2) is 70.5 Å². The first-order valence-corrected chi connectivity index (χ1v) is 11.9. The fourth-order valence-corrected chi connectivity index (χ4v) is 3.22. The summed E-state index contributed by atoms with van der Waals surface area (Å²) in [6.45, 7) is 4.60. The zero-order valence-electron chi connectivity index (χ0n) is 21.1. The highest BCUT2D eigenvalue weighted by atomic mass is 35.5. The van der Waals surface area contributed by atoms with Gasteiger partial charge in [0.05, 0.1) is 32.5 Å². The summed E-state index contributed by atoms with van der Waals surface area (Å²) in [5.74, 6) is 1.17. The van der Waals surface area contributed by atoms with E-state index in [1.54, 1.807) is 21.1 Å². The van der Waals surface area contributed by atoms with Crippen LogP contribution in [0, 0.1) is 0 Å². The van der Waals surface area contributed by atoms with Gasteiger partial charge in [0.2, 0.25) is 5.90 Å². The van der Waals surface area contributed by atoms with Crippen molar-refractivity contribution < 1.29 is 24.1 Å². The van der Waals surface area contributed by atoms with Gasteiger partial charge in [0.25, 0.3) is 5.91 Å². The molecular weight excluding hydrogens is 482 g/mol. The lowest BCUT2D eigenvalue weighted by Gasteiger charge is -2.14. The van der Waals surface area contributed by atoms with Crippen LogP contribution in [0.25, 0.3) is 6.08 Å². The summed E-state index contributed by atoms with van der Waals surface area (Å²) >= 11 is 6.02. The number of methoxy groups -OCH3 is 1. The van der Waals surface area contributed by atoms with Gasteiger partial charge in [-0.25, -0.2) is 0 Å². The first kappa shape index (κ1) is 28.9. The maximum atomic E-state index is 12.6. The number of benzene rings is 2. The quantitative estimate of drug-likeness (QED) is 0.162. The monoisotopic (exact) mass is 515 g/mol. The number of ether oxygens (including phenoxy) is 3. The molecule has 0 unspecified atom stereocenters. The van der Waals surface area contributed by atoms with Gasteiger partial charge in [0.15, 0.2) is 0 Å². The smallest absolute Gasteiger partial charge is 0.250 e. The van der Waals surface area contributed by atoms with Crippen LogP contribution in [-0.4, -0.2) is 57.4 Å². The van der Waals surface area contributed by atoms with E-state index in [9.17, 15) is 4.79 Å². The van der Waals surface area contributed by atoms with Crippen molar-refractivity contribution in [2.45, 2.75) is 20.5 Å². The Kier molecular flexibility index (Phi) is 12.5. The van der Waals surface area contributed by atoms with Crippen LogP contribution in [-0.2, 0) is 20.9 Å². The average Bonchev–Trinajstić information content (AvgIpc) is 2.89. The molecule has 194 valence electrons. The molecule has 1 amide bonds. The second-order valence-electron chi connectivity index (χ2n) is 7.75. The predicted octanol–water partition coefficient (Wildman–Crippen LogP) is 3.94. The third-order valence-corrected chi connectivity index (χ3v) is 5.27. The Bertz CT molecular complexity index is 1080. The molecule has 0 aliphatic carbocycles. The summed E-state index contributed by atoms with van der Waals surface area (Å²) in [4.78, 5) is 17.3. The molecule has 0 saturated heterocycles. The summed E-state index contributed by atoms with van der Waals surface area (Å²) < 4.78 is 16.6. The highest BCUT2D eigenvalue weighted by molar-refractivity contribution is 6.30. The highest BCUT2D eigenvalue weighted by Gasteiger charge is 2.13. The van der Waals surface area contributed by atoms with Crippen LogP contribution in [0.5, 0.6) is 5.75 Å². The Morgan fingerprint density at radius 3 is 2.56 bits per heavy atom. The molecule has 0 radical (unpaired) electrons. The molecule has 3 N–H and O–H groups in total. The first-order valence-electron chi connectivity index (χ1n) is 11.5. The Labute approximate surface area is 217 Å². The fourth-order valence-electron chi connectivity index (χ4n) is 3.09. The lowest BCUT2D eigenvalue weighted by Crippen LogP contribution is -2.30. The van der Waals surface area contributed by atoms with Crippen molar-refractivity contribution in [3.05, 3.63) is 81.6 Å². The molecule has 0 heterocycles. The van der Waals surface area contributed by atoms with Crippen LogP contribution in [0.3, 0.4) is 0 Å². The number of aliphatic imine (C=N–C) groups is 1. The van der Waals surface area contributed by atoms with E-state index in [2.05, 4.69) is 15.6 Å². The summed E-state index contributed by atoms with van der Waals surface area (Å²) in [7, 11) is 3.31. The summed E-state index contributed by atoms with van der Waals surface area (Å²) in [6.07, 6.45) is 1.93. The van der Waals surface area contributed by atoms with E-state index in [-0.39, 0.29) is 25.7 Å². The maximum absolute atomic E-state index is 12.6. The third-order valence-electron chi connectivity index (χ3n) is 5.01. The van der Waals surface area contributed by atoms with Crippen molar-refractivity contribution in [2.75, 3.05) is 40.5 Å². The highest BCUT2D eigenvalue weighted by Crippen LogP contribution is 2.17. The zero-order valence-corrected chi connectivity index (χ0v) is 21.9. The summed E-state index contributed by atoms with van der Waals surface area (Å²) in [5.41, 5.74) is 3.00. The topological polar surface area (TPSA) is 101 Å². The van der Waals surface area contributed by atoms with Crippen LogP contribution in [0.2, 0.25) is 5.02 Å². The Morgan fingerprint density at radius 1 is 1.14 bits per heavy atom. The lowest BCUT2D eigenvalue weighted by atomic mass is 10.1. The molecule has 0 saturated carbocycles. The molecule has 36 heavy (non-hydrogen) atoms. The fraction of sp³-hybridized carbons (Fsp3) is 0.333. The number of hydrogen-bond donors (Lipinski definition) is 3. The van der Waals surface area contributed by atoms with Crippen LogP contribution in [0.4, 0.5) is 0 Å². The van der Waals surface area contributed by atoms with E-state index in [0.29, 0.717) is 35.5 Å². The third kappa shape index (κ3) is 9.73. The first-order chi connectivity index (χ1) is 17.4. The van der Waals surface area contributed by atoms with E-state index < -0.39 is 0 Å². The number of aliphatic hydroxyl groups excluding tert-OH is 1. The Morgan fingerprint density at radius 2 is 1.89 bits per heavy atom. The molecule has 0 aromatic heterocycles. The number of nitrogens with zero attached hydrogens (tertiary/aromatic N) is 1. The molecule has 0 aliphatic rings. The van der Waals surface area contributed by atoms with Crippen molar-refractivity contribution in [1.82, 2.24) is 10.6 Å². The number of aliphatic hydroxyl groups is 1. The molecule has 2 rings (SSSR count). The van der Waals surface area contributed by atoms with Crippen molar-refractivity contribution in [3.63, 3.8) is 0 Å². The minimum atomic E-state index is -0.290. The molecule has 0 fully saturated rings. The molecule has 2 aromatic carbocycles. The number of nitrogens with one attached hydrogen (secondary N) is 2. The average molecular weight is 516 g/mol.